The van der Waals surface area contributed by atoms with Crippen LogP contribution >= 0.6 is 11.6 Å². The molecule has 1 aliphatic rings. The molecule has 1 unspecified atom stereocenters. The number of carboxylic acids is 1. The first-order chi connectivity index (χ1) is 9.42. The van der Waals surface area contributed by atoms with Gasteiger partial charge in [0.2, 0.25) is 0 Å². The van der Waals surface area contributed by atoms with Crippen molar-refractivity contribution in [1.29, 1.82) is 0 Å². The third-order valence-electron chi connectivity index (χ3n) is 3.39. The summed E-state index contributed by atoms with van der Waals surface area (Å²) in [6.45, 7) is 2.48. The fraction of sp³-hybridized carbons (Fsp3) is 0.429. The maximum atomic E-state index is 12.2. The number of rotatable bonds is 4. The number of hydrogen-bond acceptors (Lipinski definition) is 3. The molecule has 0 spiro atoms. The molecule has 1 aromatic carbocycles. The monoisotopic (exact) mass is 297 g/mol. The van der Waals surface area contributed by atoms with Crippen LogP contribution in [0.15, 0.2) is 18.2 Å². The Morgan fingerprint density at radius 3 is 2.80 bits per heavy atom. The maximum Gasteiger partial charge on any atom is 0.305 e. The number of amides is 1. The van der Waals surface area contributed by atoms with Gasteiger partial charge in [-0.25, -0.2) is 0 Å². The smallest absolute Gasteiger partial charge is 0.305 e. The SMILES string of the molecule is Cc1cc(C(=O)NC2(CC(=O)O)CCOC2)ccc1Cl. The Bertz CT molecular complexity index is 538. The topological polar surface area (TPSA) is 75.6 Å². The van der Waals surface area contributed by atoms with E-state index in [0.29, 0.717) is 23.6 Å². The van der Waals surface area contributed by atoms with Gasteiger partial charge in [-0.2, -0.15) is 0 Å². The molecule has 1 fully saturated rings. The molecule has 0 aliphatic carbocycles. The van der Waals surface area contributed by atoms with Gasteiger partial charge in [-0.15, -0.1) is 0 Å². The predicted molar refractivity (Wildman–Crippen MR) is 74.1 cm³/mol. The summed E-state index contributed by atoms with van der Waals surface area (Å²) in [7, 11) is 0. The van der Waals surface area contributed by atoms with Crippen molar-refractivity contribution >= 4 is 23.5 Å². The highest BCUT2D eigenvalue weighted by Crippen LogP contribution is 2.24. The fourth-order valence-corrected chi connectivity index (χ4v) is 2.40. The summed E-state index contributed by atoms with van der Waals surface area (Å²) in [6, 6.07) is 4.96. The van der Waals surface area contributed by atoms with Crippen LogP contribution in [-0.4, -0.2) is 35.7 Å². The van der Waals surface area contributed by atoms with Gasteiger partial charge in [0.25, 0.3) is 5.91 Å². The van der Waals surface area contributed by atoms with Crippen LogP contribution in [0.1, 0.15) is 28.8 Å². The molecule has 0 saturated carbocycles. The Morgan fingerprint density at radius 1 is 1.50 bits per heavy atom. The first-order valence-corrected chi connectivity index (χ1v) is 6.68. The second-order valence-electron chi connectivity index (χ2n) is 5.07. The van der Waals surface area contributed by atoms with E-state index < -0.39 is 11.5 Å². The van der Waals surface area contributed by atoms with Crippen LogP contribution in [0.5, 0.6) is 0 Å². The van der Waals surface area contributed by atoms with Crippen LogP contribution in [0.4, 0.5) is 0 Å². The highest BCUT2D eigenvalue weighted by molar-refractivity contribution is 6.31. The number of carbonyl (C=O) groups excluding carboxylic acids is 1. The molecule has 0 radical (unpaired) electrons. The summed E-state index contributed by atoms with van der Waals surface area (Å²) in [5, 5.41) is 12.4. The number of halogens is 1. The molecule has 1 saturated heterocycles. The van der Waals surface area contributed by atoms with E-state index in [1.165, 1.54) is 0 Å². The van der Waals surface area contributed by atoms with Crippen molar-refractivity contribution in [1.82, 2.24) is 5.32 Å². The Kier molecular flexibility index (Phi) is 4.30. The summed E-state index contributed by atoms with van der Waals surface area (Å²) in [4.78, 5) is 23.2. The second-order valence-corrected chi connectivity index (χ2v) is 5.48. The van der Waals surface area contributed by atoms with Crippen LogP contribution in [0.25, 0.3) is 0 Å². The normalized spacial score (nSPS) is 21.7. The van der Waals surface area contributed by atoms with Crippen molar-refractivity contribution in [2.45, 2.75) is 25.3 Å². The van der Waals surface area contributed by atoms with Crippen LogP contribution < -0.4 is 5.32 Å². The number of ether oxygens (including phenoxy) is 1. The summed E-state index contributed by atoms with van der Waals surface area (Å²) in [5.74, 6) is -1.26. The first-order valence-electron chi connectivity index (χ1n) is 6.30. The summed E-state index contributed by atoms with van der Waals surface area (Å²) in [5.41, 5.74) is 0.439. The van der Waals surface area contributed by atoms with Gasteiger partial charge >= 0.3 is 5.97 Å². The molecule has 0 bridgehead atoms. The van der Waals surface area contributed by atoms with Gasteiger partial charge in [0.1, 0.15) is 0 Å². The Labute approximate surface area is 121 Å². The summed E-state index contributed by atoms with van der Waals surface area (Å²) >= 11 is 5.92. The predicted octanol–water partition coefficient (Wildman–Crippen LogP) is 2.01. The van der Waals surface area contributed by atoms with Crippen molar-refractivity contribution in [3.63, 3.8) is 0 Å². The lowest BCUT2D eigenvalue weighted by Crippen LogP contribution is -2.50. The molecule has 0 aromatic heterocycles. The molecule has 6 heteroatoms. The Balaban J connectivity index is 2.16. The van der Waals surface area contributed by atoms with Crippen LogP contribution in [-0.2, 0) is 9.53 Å². The Morgan fingerprint density at radius 2 is 2.25 bits per heavy atom. The standard InChI is InChI=1S/C14H16ClNO4/c1-9-6-10(2-3-11(9)15)13(19)16-14(7-12(17)18)4-5-20-8-14/h2-3,6H,4-5,7-8H2,1H3,(H,16,19)(H,17,18). The molecule has 20 heavy (non-hydrogen) atoms. The summed E-state index contributed by atoms with van der Waals surface area (Å²) < 4.78 is 5.24. The van der Waals surface area contributed by atoms with E-state index in [-0.39, 0.29) is 18.9 Å². The third-order valence-corrected chi connectivity index (χ3v) is 3.82. The number of carboxylic acid groups (broad SMARTS) is 1. The van der Waals surface area contributed by atoms with E-state index in [9.17, 15) is 9.59 Å². The number of carbonyl (C=O) groups is 2. The molecular formula is C14H16ClNO4. The average molecular weight is 298 g/mol. The van der Waals surface area contributed by atoms with Gasteiger partial charge in [0, 0.05) is 17.2 Å². The maximum absolute atomic E-state index is 12.2. The molecule has 108 valence electrons. The van der Waals surface area contributed by atoms with E-state index in [2.05, 4.69) is 5.32 Å². The fourth-order valence-electron chi connectivity index (χ4n) is 2.28. The lowest BCUT2D eigenvalue weighted by molar-refractivity contribution is -0.138. The van der Waals surface area contributed by atoms with Gasteiger partial charge in [-0.3, -0.25) is 9.59 Å². The molecular weight excluding hydrogens is 282 g/mol. The molecule has 1 aliphatic heterocycles. The van der Waals surface area contributed by atoms with E-state index in [1.807, 2.05) is 6.92 Å². The van der Waals surface area contributed by atoms with E-state index >= 15 is 0 Å². The molecule has 1 aromatic rings. The van der Waals surface area contributed by atoms with Crippen molar-refractivity contribution in [2.24, 2.45) is 0 Å². The number of nitrogens with one attached hydrogen (secondary N) is 1. The van der Waals surface area contributed by atoms with Crippen LogP contribution in [0.3, 0.4) is 0 Å². The Hall–Kier alpha value is -1.59. The summed E-state index contributed by atoms with van der Waals surface area (Å²) in [6.07, 6.45) is 0.350. The highest BCUT2D eigenvalue weighted by Gasteiger charge is 2.38. The zero-order chi connectivity index (χ0) is 14.8. The zero-order valence-corrected chi connectivity index (χ0v) is 11.9. The van der Waals surface area contributed by atoms with Gasteiger partial charge in [-0.05, 0) is 37.1 Å². The van der Waals surface area contributed by atoms with Crippen LogP contribution in [0, 0.1) is 6.92 Å². The minimum Gasteiger partial charge on any atom is -0.481 e. The molecule has 1 amide bonds. The van der Waals surface area contributed by atoms with Crippen molar-refractivity contribution in [3.8, 4) is 0 Å². The number of hydrogen-bond donors (Lipinski definition) is 2. The molecule has 5 nitrogen and oxygen atoms in total. The molecule has 2 N–H and O–H groups in total. The van der Waals surface area contributed by atoms with Crippen LogP contribution in [0.2, 0.25) is 5.02 Å². The number of aliphatic carboxylic acids is 1. The van der Waals surface area contributed by atoms with Gasteiger partial charge in [0.15, 0.2) is 0 Å². The van der Waals surface area contributed by atoms with Crippen molar-refractivity contribution in [3.05, 3.63) is 34.3 Å². The van der Waals surface area contributed by atoms with Gasteiger partial charge in [-0.1, -0.05) is 11.6 Å². The quantitative estimate of drug-likeness (QED) is 0.891. The molecule has 1 atom stereocenters. The zero-order valence-electron chi connectivity index (χ0n) is 11.1. The highest BCUT2D eigenvalue weighted by atomic mass is 35.5. The van der Waals surface area contributed by atoms with Gasteiger partial charge < -0.3 is 15.2 Å². The van der Waals surface area contributed by atoms with E-state index in [4.69, 9.17) is 21.4 Å². The first kappa shape index (κ1) is 14.8. The van der Waals surface area contributed by atoms with E-state index in [1.54, 1.807) is 18.2 Å². The van der Waals surface area contributed by atoms with Gasteiger partial charge in [0.05, 0.1) is 18.6 Å². The van der Waals surface area contributed by atoms with E-state index in [0.717, 1.165) is 5.56 Å². The number of aryl methyl sites for hydroxylation is 1. The molecule has 2 rings (SSSR count). The number of benzene rings is 1. The average Bonchev–Trinajstić information content (AvgIpc) is 2.79. The van der Waals surface area contributed by atoms with Crippen molar-refractivity contribution < 1.29 is 19.4 Å². The minimum absolute atomic E-state index is 0.148. The second kappa shape index (κ2) is 5.81. The third kappa shape index (κ3) is 3.29. The van der Waals surface area contributed by atoms with Crippen molar-refractivity contribution in [2.75, 3.05) is 13.2 Å². The lowest BCUT2D eigenvalue weighted by atomic mass is 9.93. The lowest BCUT2D eigenvalue weighted by Gasteiger charge is -2.27. The molecule has 1 heterocycles. The largest absolute Gasteiger partial charge is 0.481 e. The minimum atomic E-state index is -0.955.